The van der Waals surface area contributed by atoms with Crippen LogP contribution in [0.15, 0.2) is 40.9 Å². The molecule has 1 heterocycles. The summed E-state index contributed by atoms with van der Waals surface area (Å²) in [5.41, 5.74) is 9.14. The molecule has 0 bridgehead atoms. The third kappa shape index (κ3) is 2.64. The van der Waals surface area contributed by atoms with Crippen molar-refractivity contribution in [1.29, 1.82) is 0 Å². The molecule has 106 valence electrons. The molecule has 0 fully saturated rings. The van der Waals surface area contributed by atoms with Gasteiger partial charge in [-0.1, -0.05) is 33.6 Å². The van der Waals surface area contributed by atoms with Gasteiger partial charge in [-0.15, -0.1) is 5.10 Å². The van der Waals surface area contributed by atoms with Gasteiger partial charge in [-0.2, -0.15) is 4.68 Å². The number of rotatable bonds is 2. The Labute approximate surface area is 134 Å². The first-order valence-electron chi connectivity index (χ1n) is 6.16. The van der Waals surface area contributed by atoms with Crippen LogP contribution >= 0.6 is 27.5 Å². The van der Waals surface area contributed by atoms with Crippen LogP contribution in [-0.2, 0) is 0 Å². The number of hydrogen-bond acceptors (Lipinski definition) is 4. The van der Waals surface area contributed by atoms with E-state index in [4.69, 9.17) is 17.3 Å². The van der Waals surface area contributed by atoms with Crippen molar-refractivity contribution in [3.8, 4) is 17.1 Å². The van der Waals surface area contributed by atoms with E-state index >= 15 is 0 Å². The molecule has 0 amide bonds. The van der Waals surface area contributed by atoms with E-state index in [9.17, 15) is 0 Å². The summed E-state index contributed by atoms with van der Waals surface area (Å²) >= 11 is 9.55. The van der Waals surface area contributed by atoms with Crippen molar-refractivity contribution in [2.75, 3.05) is 5.73 Å². The average molecular weight is 365 g/mol. The fourth-order valence-electron chi connectivity index (χ4n) is 2.10. The van der Waals surface area contributed by atoms with Crippen LogP contribution in [0.2, 0.25) is 5.02 Å². The van der Waals surface area contributed by atoms with E-state index in [1.807, 2.05) is 37.3 Å². The summed E-state index contributed by atoms with van der Waals surface area (Å²) in [5.74, 6) is 0.549. The van der Waals surface area contributed by atoms with Crippen LogP contribution in [0.5, 0.6) is 0 Å². The van der Waals surface area contributed by atoms with Crippen molar-refractivity contribution in [2.24, 2.45) is 0 Å². The molecule has 2 aromatic carbocycles. The zero-order valence-corrected chi connectivity index (χ0v) is 13.4. The molecule has 2 N–H and O–H groups in total. The number of nitrogens with zero attached hydrogens (tertiary/aromatic N) is 4. The van der Waals surface area contributed by atoms with Crippen molar-refractivity contribution in [3.63, 3.8) is 0 Å². The Morgan fingerprint density at radius 1 is 1.24 bits per heavy atom. The van der Waals surface area contributed by atoms with Gasteiger partial charge in [0.15, 0.2) is 5.82 Å². The number of tetrazole rings is 1. The largest absolute Gasteiger partial charge is 0.397 e. The van der Waals surface area contributed by atoms with Crippen LogP contribution in [0.1, 0.15) is 5.56 Å². The first-order chi connectivity index (χ1) is 10.1. The van der Waals surface area contributed by atoms with Crippen LogP contribution in [0.3, 0.4) is 0 Å². The Kier molecular flexibility index (Phi) is 3.65. The third-order valence-electron chi connectivity index (χ3n) is 3.03. The van der Waals surface area contributed by atoms with Crippen molar-refractivity contribution >= 4 is 33.2 Å². The van der Waals surface area contributed by atoms with Crippen LogP contribution in [-0.4, -0.2) is 20.2 Å². The summed E-state index contributed by atoms with van der Waals surface area (Å²) in [7, 11) is 0. The maximum Gasteiger partial charge on any atom is 0.189 e. The number of hydrogen-bond donors (Lipinski definition) is 1. The fraction of sp³-hybridized carbons (Fsp3) is 0.0714. The lowest BCUT2D eigenvalue weighted by Gasteiger charge is -2.09. The second kappa shape index (κ2) is 5.46. The summed E-state index contributed by atoms with van der Waals surface area (Å²) in [6, 6.07) is 11.3. The Morgan fingerprint density at radius 3 is 2.81 bits per heavy atom. The number of aromatic nitrogens is 4. The molecule has 21 heavy (non-hydrogen) atoms. The Hall–Kier alpha value is -1.92. The van der Waals surface area contributed by atoms with E-state index in [1.165, 1.54) is 0 Å². The summed E-state index contributed by atoms with van der Waals surface area (Å²) in [6.07, 6.45) is 0. The van der Waals surface area contributed by atoms with Crippen LogP contribution in [0.25, 0.3) is 17.1 Å². The first kappa shape index (κ1) is 14.0. The number of halogens is 2. The lowest BCUT2D eigenvalue weighted by molar-refractivity contribution is 0.790. The van der Waals surface area contributed by atoms with Gasteiger partial charge in [0.05, 0.1) is 16.4 Å². The van der Waals surface area contributed by atoms with Gasteiger partial charge in [-0.05, 0) is 53.2 Å². The van der Waals surface area contributed by atoms with Gasteiger partial charge in [0.1, 0.15) is 0 Å². The molecule has 0 radical (unpaired) electrons. The summed E-state index contributed by atoms with van der Waals surface area (Å²) in [4.78, 5) is 0. The molecule has 3 rings (SSSR count). The smallest absolute Gasteiger partial charge is 0.189 e. The molecule has 1 aromatic heterocycles. The van der Waals surface area contributed by atoms with Crippen LogP contribution in [0, 0.1) is 6.92 Å². The second-order valence-corrected chi connectivity index (χ2v) is 5.93. The van der Waals surface area contributed by atoms with E-state index < -0.39 is 0 Å². The van der Waals surface area contributed by atoms with Crippen molar-refractivity contribution in [3.05, 3.63) is 51.5 Å². The second-order valence-electron chi connectivity index (χ2n) is 4.60. The Bertz CT molecular complexity index is 795. The van der Waals surface area contributed by atoms with Crippen molar-refractivity contribution in [1.82, 2.24) is 20.2 Å². The molecule has 0 aliphatic heterocycles. The minimum absolute atomic E-state index is 0.460. The van der Waals surface area contributed by atoms with E-state index in [-0.39, 0.29) is 0 Å². The summed E-state index contributed by atoms with van der Waals surface area (Å²) in [5, 5.41) is 12.4. The standard InChI is InChI=1S/C14H11BrClN5/c1-8-5-9(15)7-10(6-8)21-14(18-19-20-21)11-3-2-4-12(16)13(11)17/h2-7H,17H2,1H3. The lowest BCUT2D eigenvalue weighted by Crippen LogP contribution is -2.02. The molecule has 0 saturated heterocycles. The monoisotopic (exact) mass is 363 g/mol. The van der Waals surface area contributed by atoms with Crippen LogP contribution < -0.4 is 5.73 Å². The minimum atomic E-state index is 0.460. The Morgan fingerprint density at radius 2 is 2.05 bits per heavy atom. The number of nitrogens with two attached hydrogens (primary N) is 1. The molecule has 7 heteroatoms. The molecule has 0 saturated carbocycles. The highest BCUT2D eigenvalue weighted by Gasteiger charge is 2.15. The first-order valence-corrected chi connectivity index (χ1v) is 7.33. The zero-order chi connectivity index (χ0) is 15.0. The molecule has 0 unspecified atom stereocenters. The molecule has 0 aliphatic rings. The Balaban J connectivity index is 2.19. The maximum atomic E-state index is 6.07. The SMILES string of the molecule is Cc1cc(Br)cc(-n2nnnc2-c2cccc(Cl)c2N)c1. The third-order valence-corrected chi connectivity index (χ3v) is 3.82. The van der Waals surface area contributed by atoms with E-state index in [1.54, 1.807) is 10.7 Å². The highest BCUT2D eigenvalue weighted by molar-refractivity contribution is 9.10. The zero-order valence-electron chi connectivity index (χ0n) is 11.1. The van der Waals surface area contributed by atoms with Crippen LogP contribution in [0.4, 0.5) is 5.69 Å². The quantitative estimate of drug-likeness (QED) is 0.705. The van der Waals surface area contributed by atoms with E-state index in [0.29, 0.717) is 22.1 Å². The van der Waals surface area contributed by atoms with Gasteiger partial charge >= 0.3 is 0 Å². The molecule has 0 spiro atoms. The highest BCUT2D eigenvalue weighted by Crippen LogP contribution is 2.31. The molecule has 0 atom stereocenters. The summed E-state index contributed by atoms with van der Waals surface area (Å²) in [6.45, 7) is 2.01. The summed E-state index contributed by atoms with van der Waals surface area (Å²) < 4.78 is 2.60. The maximum absolute atomic E-state index is 6.07. The minimum Gasteiger partial charge on any atom is -0.397 e. The number of anilines is 1. The molecule has 5 nitrogen and oxygen atoms in total. The van der Waals surface area contributed by atoms with E-state index in [0.717, 1.165) is 15.7 Å². The molecule has 3 aromatic rings. The van der Waals surface area contributed by atoms with Gasteiger partial charge in [0.2, 0.25) is 0 Å². The molecular formula is C14H11BrClN5. The predicted octanol–water partition coefficient (Wildman–Crippen LogP) is 3.64. The average Bonchev–Trinajstić information content (AvgIpc) is 2.90. The van der Waals surface area contributed by atoms with Gasteiger partial charge < -0.3 is 5.73 Å². The van der Waals surface area contributed by atoms with Crippen molar-refractivity contribution in [2.45, 2.75) is 6.92 Å². The number of para-hydroxylation sites is 1. The molecular weight excluding hydrogens is 354 g/mol. The van der Waals surface area contributed by atoms with Gasteiger partial charge in [0, 0.05) is 10.0 Å². The lowest BCUT2D eigenvalue weighted by atomic mass is 10.1. The fourth-order valence-corrected chi connectivity index (χ4v) is 2.87. The normalized spacial score (nSPS) is 10.8. The van der Waals surface area contributed by atoms with Crippen molar-refractivity contribution < 1.29 is 0 Å². The van der Waals surface area contributed by atoms with E-state index in [2.05, 4.69) is 31.5 Å². The van der Waals surface area contributed by atoms with Gasteiger partial charge in [-0.3, -0.25) is 0 Å². The number of aryl methyl sites for hydroxylation is 1. The highest BCUT2D eigenvalue weighted by atomic mass is 79.9. The predicted molar refractivity (Wildman–Crippen MR) is 86.4 cm³/mol. The molecule has 0 aliphatic carbocycles. The van der Waals surface area contributed by atoms with Gasteiger partial charge in [0.25, 0.3) is 0 Å². The number of benzene rings is 2. The topological polar surface area (TPSA) is 69.6 Å². The van der Waals surface area contributed by atoms with Gasteiger partial charge in [-0.25, -0.2) is 0 Å². The number of nitrogen functional groups attached to an aromatic ring is 1.